The molecule has 1 fully saturated rings. The van der Waals surface area contributed by atoms with Crippen LogP contribution < -0.4 is 10.6 Å². The maximum absolute atomic E-state index is 11.9. The first-order valence-electron chi connectivity index (χ1n) is 7.69. The Morgan fingerprint density at radius 3 is 2.35 bits per heavy atom. The Labute approximate surface area is 121 Å². The lowest BCUT2D eigenvalue weighted by atomic mass is 9.87. The zero-order chi connectivity index (χ0) is 15.1. The summed E-state index contributed by atoms with van der Waals surface area (Å²) in [6.45, 7) is 6.15. The largest absolute Gasteiger partial charge is 0.480 e. The molecule has 5 heteroatoms. The summed E-state index contributed by atoms with van der Waals surface area (Å²) >= 11 is 0. The monoisotopic (exact) mass is 284 g/mol. The summed E-state index contributed by atoms with van der Waals surface area (Å²) in [6, 6.07) is -0.399. The molecular weight excluding hydrogens is 256 g/mol. The number of carboxylic acid groups (broad SMARTS) is 1. The van der Waals surface area contributed by atoms with Crippen LogP contribution in [0.4, 0.5) is 0 Å². The summed E-state index contributed by atoms with van der Waals surface area (Å²) in [4.78, 5) is 23.0. The number of carbonyl (C=O) groups is 2. The molecule has 5 nitrogen and oxygen atoms in total. The third-order valence-electron chi connectivity index (χ3n) is 4.34. The molecule has 0 saturated heterocycles. The van der Waals surface area contributed by atoms with Crippen LogP contribution in [-0.4, -0.2) is 35.6 Å². The van der Waals surface area contributed by atoms with Gasteiger partial charge in [0.1, 0.15) is 6.04 Å². The van der Waals surface area contributed by atoms with Crippen LogP contribution in [-0.2, 0) is 9.59 Å². The molecule has 0 aromatic heterocycles. The smallest absolute Gasteiger partial charge is 0.320 e. The highest BCUT2D eigenvalue weighted by atomic mass is 16.4. The van der Waals surface area contributed by atoms with Crippen molar-refractivity contribution in [2.75, 3.05) is 6.54 Å². The standard InChI is InChI=1S/C15H28N2O3/c1-4-11(3)14(15(19)20)16-9-13(18)17-12-7-5-10(2)6-8-12/h10-12,14,16H,4-9H2,1-3H3,(H,17,18)(H,19,20)/t10?,11-,12?,14-/m0/s1. The van der Waals surface area contributed by atoms with Crippen LogP contribution in [0.2, 0.25) is 0 Å². The highest BCUT2D eigenvalue weighted by Gasteiger charge is 2.24. The molecule has 0 heterocycles. The van der Waals surface area contributed by atoms with Crippen molar-refractivity contribution < 1.29 is 14.7 Å². The van der Waals surface area contributed by atoms with Crippen LogP contribution in [0.25, 0.3) is 0 Å². The molecule has 0 bridgehead atoms. The van der Waals surface area contributed by atoms with Crippen LogP contribution in [0.15, 0.2) is 0 Å². The fourth-order valence-electron chi connectivity index (χ4n) is 2.65. The summed E-state index contributed by atoms with van der Waals surface area (Å²) in [6.07, 6.45) is 5.14. The van der Waals surface area contributed by atoms with Gasteiger partial charge in [-0.2, -0.15) is 0 Å². The molecule has 0 spiro atoms. The summed E-state index contributed by atoms with van der Waals surface area (Å²) in [5.41, 5.74) is 0. The van der Waals surface area contributed by atoms with Gasteiger partial charge in [0.25, 0.3) is 0 Å². The lowest BCUT2D eigenvalue weighted by Gasteiger charge is -2.27. The first kappa shape index (κ1) is 17.0. The first-order chi connectivity index (χ1) is 9.43. The molecule has 1 aliphatic rings. The number of nitrogens with one attached hydrogen (secondary N) is 2. The third-order valence-corrected chi connectivity index (χ3v) is 4.34. The summed E-state index contributed by atoms with van der Waals surface area (Å²) < 4.78 is 0. The molecular formula is C15H28N2O3. The summed E-state index contributed by atoms with van der Waals surface area (Å²) in [5, 5.41) is 15.0. The predicted octanol–water partition coefficient (Wildman–Crippen LogP) is 1.77. The molecule has 0 aromatic carbocycles. The maximum Gasteiger partial charge on any atom is 0.320 e. The van der Waals surface area contributed by atoms with Crippen molar-refractivity contribution in [3.8, 4) is 0 Å². The van der Waals surface area contributed by atoms with Crippen LogP contribution in [0.1, 0.15) is 52.9 Å². The minimum absolute atomic E-state index is 0.0100. The molecule has 1 aliphatic carbocycles. The number of aliphatic carboxylic acids is 1. The predicted molar refractivity (Wildman–Crippen MR) is 78.4 cm³/mol. The lowest BCUT2D eigenvalue weighted by Crippen LogP contribution is -2.48. The van der Waals surface area contributed by atoms with E-state index < -0.39 is 12.0 Å². The molecule has 1 saturated carbocycles. The Kier molecular flexibility index (Phi) is 6.99. The number of hydrogen-bond acceptors (Lipinski definition) is 3. The molecule has 1 amide bonds. The van der Waals surface area contributed by atoms with E-state index in [1.807, 2.05) is 13.8 Å². The van der Waals surface area contributed by atoms with Crippen molar-refractivity contribution in [1.29, 1.82) is 0 Å². The van der Waals surface area contributed by atoms with Gasteiger partial charge >= 0.3 is 5.97 Å². The molecule has 0 unspecified atom stereocenters. The molecule has 116 valence electrons. The lowest BCUT2D eigenvalue weighted by molar-refractivity contribution is -0.141. The van der Waals surface area contributed by atoms with Gasteiger partial charge in [-0.05, 0) is 37.5 Å². The Balaban J connectivity index is 2.32. The molecule has 20 heavy (non-hydrogen) atoms. The topological polar surface area (TPSA) is 78.4 Å². The van der Waals surface area contributed by atoms with Crippen LogP contribution in [0.3, 0.4) is 0 Å². The second kappa shape index (κ2) is 8.25. The van der Waals surface area contributed by atoms with Crippen molar-refractivity contribution in [3.05, 3.63) is 0 Å². The summed E-state index contributed by atoms with van der Waals surface area (Å²) in [5.74, 6) is -0.225. The summed E-state index contributed by atoms with van der Waals surface area (Å²) in [7, 11) is 0. The third kappa shape index (κ3) is 5.49. The van der Waals surface area contributed by atoms with Crippen molar-refractivity contribution >= 4 is 11.9 Å². The van der Waals surface area contributed by atoms with E-state index in [0.717, 1.165) is 38.0 Å². The normalized spacial score (nSPS) is 25.8. The molecule has 3 N–H and O–H groups in total. The Morgan fingerprint density at radius 1 is 1.25 bits per heavy atom. The first-order valence-corrected chi connectivity index (χ1v) is 7.69. The average molecular weight is 284 g/mol. The van der Waals surface area contributed by atoms with Crippen LogP contribution in [0.5, 0.6) is 0 Å². The minimum Gasteiger partial charge on any atom is -0.480 e. The van der Waals surface area contributed by atoms with Crippen molar-refractivity contribution in [2.45, 2.75) is 65.0 Å². The van der Waals surface area contributed by atoms with Crippen LogP contribution in [0, 0.1) is 11.8 Å². The fraction of sp³-hybridized carbons (Fsp3) is 0.867. The van der Waals surface area contributed by atoms with Crippen molar-refractivity contribution in [2.24, 2.45) is 11.8 Å². The van der Waals surface area contributed by atoms with Gasteiger partial charge < -0.3 is 10.4 Å². The second-order valence-electron chi connectivity index (χ2n) is 6.11. The van der Waals surface area contributed by atoms with E-state index in [1.165, 1.54) is 0 Å². The maximum atomic E-state index is 11.9. The van der Waals surface area contributed by atoms with Gasteiger partial charge in [-0.1, -0.05) is 27.2 Å². The zero-order valence-corrected chi connectivity index (χ0v) is 12.8. The number of carboxylic acids is 1. The quantitative estimate of drug-likeness (QED) is 0.666. The Morgan fingerprint density at radius 2 is 1.85 bits per heavy atom. The molecule has 1 rings (SSSR count). The van der Waals surface area contributed by atoms with E-state index in [-0.39, 0.29) is 24.4 Å². The van der Waals surface area contributed by atoms with Gasteiger partial charge in [0, 0.05) is 6.04 Å². The van der Waals surface area contributed by atoms with E-state index in [1.54, 1.807) is 0 Å². The van der Waals surface area contributed by atoms with Gasteiger partial charge in [0.2, 0.25) is 5.91 Å². The van der Waals surface area contributed by atoms with Gasteiger partial charge in [-0.3, -0.25) is 14.9 Å². The van der Waals surface area contributed by atoms with Gasteiger partial charge in [-0.15, -0.1) is 0 Å². The highest BCUT2D eigenvalue weighted by Crippen LogP contribution is 2.23. The highest BCUT2D eigenvalue weighted by molar-refractivity contribution is 5.80. The fourth-order valence-corrected chi connectivity index (χ4v) is 2.65. The minimum atomic E-state index is -0.890. The van der Waals surface area contributed by atoms with Gasteiger partial charge in [0.15, 0.2) is 0 Å². The zero-order valence-electron chi connectivity index (χ0n) is 12.8. The van der Waals surface area contributed by atoms with Gasteiger partial charge in [0.05, 0.1) is 6.54 Å². The van der Waals surface area contributed by atoms with E-state index in [9.17, 15) is 9.59 Å². The molecule has 2 atom stereocenters. The Bertz CT molecular complexity index is 325. The van der Waals surface area contributed by atoms with Gasteiger partial charge in [-0.25, -0.2) is 0 Å². The van der Waals surface area contributed by atoms with E-state index in [4.69, 9.17) is 5.11 Å². The van der Waals surface area contributed by atoms with Crippen LogP contribution >= 0.6 is 0 Å². The SMILES string of the molecule is CC[C@H](C)[C@H](NCC(=O)NC1CCC(C)CC1)C(=O)O. The molecule has 0 radical (unpaired) electrons. The number of amides is 1. The molecule has 0 aliphatic heterocycles. The van der Waals surface area contributed by atoms with E-state index >= 15 is 0 Å². The average Bonchev–Trinajstić information content (AvgIpc) is 2.41. The number of carbonyl (C=O) groups excluding carboxylic acids is 1. The van der Waals surface area contributed by atoms with Crippen molar-refractivity contribution in [1.82, 2.24) is 10.6 Å². The number of rotatable bonds is 7. The number of hydrogen-bond donors (Lipinski definition) is 3. The Hall–Kier alpha value is -1.10. The van der Waals surface area contributed by atoms with E-state index in [2.05, 4.69) is 17.6 Å². The second-order valence-corrected chi connectivity index (χ2v) is 6.11. The van der Waals surface area contributed by atoms with Crippen molar-refractivity contribution in [3.63, 3.8) is 0 Å². The van der Waals surface area contributed by atoms with E-state index in [0.29, 0.717) is 0 Å². The molecule has 0 aromatic rings.